The minimum absolute atomic E-state index is 0.321. The molecule has 1 saturated heterocycles. The molecule has 0 bridgehead atoms. The topological polar surface area (TPSA) is 43.8 Å². The van der Waals surface area contributed by atoms with E-state index >= 15 is 0 Å². The molecule has 1 N–H and O–H groups in total. The Bertz CT molecular complexity index is 430. The third-order valence-electron chi connectivity index (χ3n) is 3.78. The van der Waals surface area contributed by atoms with E-state index in [-0.39, 0.29) is 5.92 Å². The predicted octanol–water partition coefficient (Wildman–Crippen LogP) is 1.70. The van der Waals surface area contributed by atoms with Crippen LogP contribution in [-0.2, 0) is 11.2 Å². The van der Waals surface area contributed by atoms with Gasteiger partial charge in [0.1, 0.15) is 0 Å². The van der Waals surface area contributed by atoms with E-state index in [1.807, 2.05) is 7.05 Å². The fourth-order valence-corrected chi connectivity index (χ4v) is 2.51. The molecule has 1 aromatic rings. The van der Waals surface area contributed by atoms with Gasteiger partial charge in [-0.1, -0.05) is 19.1 Å². The van der Waals surface area contributed by atoms with Crippen LogP contribution in [-0.4, -0.2) is 49.2 Å². The van der Waals surface area contributed by atoms with Crippen LogP contribution < -0.4 is 4.90 Å². The standard InChI is InChI=1S/C15H22N2O2/c1-3-12-4-6-14(7-5-12)17-9-8-16(2)10-13(11-17)15(18)19/h4-7,13H,3,8-11H2,1-2H3,(H,18,19). The molecule has 0 aromatic heterocycles. The summed E-state index contributed by atoms with van der Waals surface area (Å²) in [6.45, 7) is 5.13. The number of aliphatic carboxylic acids is 1. The summed E-state index contributed by atoms with van der Waals surface area (Å²) >= 11 is 0. The minimum atomic E-state index is -0.705. The summed E-state index contributed by atoms with van der Waals surface area (Å²) in [6, 6.07) is 8.45. The van der Waals surface area contributed by atoms with Crippen molar-refractivity contribution in [3.63, 3.8) is 0 Å². The lowest BCUT2D eigenvalue weighted by Crippen LogP contribution is -2.33. The molecule has 1 atom stereocenters. The van der Waals surface area contributed by atoms with Crippen LogP contribution in [0.4, 0.5) is 5.69 Å². The molecule has 4 heteroatoms. The lowest BCUT2D eigenvalue weighted by molar-refractivity contribution is -0.141. The van der Waals surface area contributed by atoms with Crippen molar-refractivity contribution in [3.8, 4) is 0 Å². The summed E-state index contributed by atoms with van der Waals surface area (Å²) in [4.78, 5) is 15.6. The van der Waals surface area contributed by atoms with Crippen LogP contribution in [0.25, 0.3) is 0 Å². The van der Waals surface area contributed by atoms with Gasteiger partial charge in [0.2, 0.25) is 0 Å². The second-order valence-electron chi connectivity index (χ2n) is 5.26. The maximum Gasteiger partial charge on any atom is 0.309 e. The van der Waals surface area contributed by atoms with Crippen LogP contribution in [0.3, 0.4) is 0 Å². The summed E-state index contributed by atoms with van der Waals surface area (Å²) in [5.41, 5.74) is 2.43. The number of carbonyl (C=O) groups is 1. The van der Waals surface area contributed by atoms with E-state index in [1.165, 1.54) is 5.56 Å². The third-order valence-corrected chi connectivity index (χ3v) is 3.78. The van der Waals surface area contributed by atoms with Gasteiger partial charge in [0.25, 0.3) is 0 Å². The Morgan fingerprint density at radius 2 is 1.95 bits per heavy atom. The van der Waals surface area contributed by atoms with E-state index in [0.29, 0.717) is 13.1 Å². The van der Waals surface area contributed by atoms with Crippen LogP contribution in [0, 0.1) is 5.92 Å². The molecular formula is C15H22N2O2. The van der Waals surface area contributed by atoms with Gasteiger partial charge in [0.15, 0.2) is 0 Å². The number of nitrogens with zero attached hydrogens (tertiary/aromatic N) is 2. The van der Waals surface area contributed by atoms with Crippen LogP contribution in [0.5, 0.6) is 0 Å². The normalized spacial score (nSPS) is 21.2. The highest BCUT2D eigenvalue weighted by Crippen LogP contribution is 2.19. The molecule has 1 unspecified atom stereocenters. The van der Waals surface area contributed by atoms with Gasteiger partial charge in [0, 0.05) is 31.9 Å². The average molecular weight is 262 g/mol. The molecule has 4 nitrogen and oxygen atoms in total. The summed E-state index contributed by atoms with van der Waals surface area (Å²) in [5, 5.41) is 9.27. The van der Waals surface area contributed by atoms with Gasteiger partial charge in [-0.2, -0.15) is 0 Å². The molecule has 0 amide bonds. The van der Waals surface area contributed by atoms with E-state index in [4.69, 9.17) is 0 Å². The quantitative estimate of drug-likeness (QED) is 0.900. The van der Waals surface area contributed by atoms with Gasteiger partial charge >= 0.3 is 5.97 Å². The molecule has 1 aromatic carbocycles. The van der Waals surface area contributed by atoms with E-state index in [2.05, 4.69) is 41.0 Å². The first kappa shape index (κ1) is 13.9. The second-order valence-corrected chi connectivity index (χ2v) is 5.26. The fourth-order valence-electron chi connectivity index (χ4n) is 2.51. The number of hydrogen-bond acceptors (Lipinski definition) is 3. The molecule has 1 aliphatic rings. The first-order valence-corrected chi connectivity index (χ1v) is 6.85. The van der Waals surface area contributed by atoms with Crippen LogP contribution in [0.2, 0.25) is 0 Å². The maximum absolute atomic E-state index is 11.3. The Morgan fingerprint density at radius 3 is 2.53 bits per heavy atom. The number of rotatable bonds is 3. The van der Waals surface area contributed by atoms with Gasteiger partial charge in [-0.25, -0.2) is 0 Å². The number of anilines is 1. The lowest BCUT2D eigenvalue weighted by atomic mass is 10.1. The number of carboxylic acid groups (broad SMARTS) is 1. The Balaban J connectivity index is 2.15. The summed E-state index contributed by atoms with van der Waals surface area (Å²) in [7, 11) is 1.99. The highest BCUT2D eigenvalue weighted by atomic mass is 16.4. The van der Waals surface area contributed by atoms with Crippen molar-refractivity contribution in [1.82, 2.24) is 4.90 Å². The zero-order valence-electron chi connectivity index (χ0n) is 11.7. The SMILES string of the molecule is CCc1ccc(N2CCN(C)CC(C(=O)O)C2)cc1. The van der Waals surface area contributed by atoms with Crippen LogP contribution >= 0.6 is 0 Å². The van der Waals surface area contributed by atoms with Gasteiger partial charge in [0.05, 0.1) is 5.92 Å². The largest absolute Gasteiger partial charge is 0.481 e. The smallest absolute Gasteiger partial charge is 0.309 e. The Morgan fingerprint density at radius 1 is 1.26 bits per heavy atom. The van der Waals surface area contributed by atoms with Gasteiger partial charge < -0.3 is 14.9 Å². The maximum atomic E-state index is 11.3. The number of likely N-dealkylation sites (N-methyl/N-ethyl adjacent to an activating group) is 1. The molecule has 1 fully saturated rings. The molecule has 0 aliphatic carbocycles. The Kier molecular flexibility index (Phi) is 4.43. The van der Waals surface area contributed by atoms with E-state index in [0.717, 1.165) is 25.2 Å². The minimum Gasteiger partial charge on any atom is -0.481 e. The van der Waals surface area contributed by atoms with E-state index in [9.17, 15) is 9.90 Å². The average Bonchev–Trinajstić information content (AvgIpc) is 2.61. The summed E-state index contributed by atoms with van der Waals surface area (Å²) in [5.74, 6) is -1.03. The number of carboxylic acids is 1. The molecule has 104 valence electrons. The molecule has 1 aliphatic heterocycles. The fraction of sp³-hybridized carbons (Fsp3) is 0.533. The van der Waals surface area contributed by atoms with Gasteiger partial charge in [-0.15, -0.1) is 0 Å². The van der Waals surface area contributed by atoms with Crippen molar-refractivity contribution in [3.05, 3.63) is 29.8 Å². The van der Waals surface area contributed by atoms with Crippen molar-refractivity contribution < 1.29 is 9.90 Å². The second kappa shape index (κ2) is 6.06. The van der Waals surface area contributed by atoms with Crippen molar-refractivity contribution in [1.29, 1.82) is 0 Å². The van der Waals surface area contributed by atoms with Gasteiger partial charge in [-0.3, -0.25) is 4.79 Å². The molecule has 0 spiro atoms. The molecule has 1 heterocycles. The molecule has 2 rings (SSSR count). The van der Waals surface area contributed by atoms with Crippen molar-refractivity contribution >= 4 is 11.7 Å². The van der Waals surface area contributed by atoms with Crippen LogP contribution in [0.15, 0.2) is 24.3 Å². The highest BCUT2D eigenvalue weighted by Gasteiger charge is 2.26. The lowest BCUT2D eigenvalue weighted by Gasteiger charge is -2.24. The van der Waals surface area contributed by atoms with E-state index in [1.54, 1.807) is 0 Å². The van der Waals surface area contributed by atoms with Crippen LogP contribution in [0.1, 0.15) is 12.5 Å². The number of benzene rings is 1. The van der Waals surface area contributed by atoms with Crippen molar-refractivity contribution in [2.45, 2.75) is 13.3 Å². The summed E-state index contributed by atoms with van der Waals surface area (Å²) in [6.07, 6.45) is 1.03. The number of aryl methyl sites for hydroxylation is 1. The molecule has 0 radical (unpaired) electrons. The van der Waals surface area contributed by atoms with E-state index < -0.39 is 5.97 Å². The monoisotopic (exact) mass is 262 g/mol. The zero-order chi connectivity index (χ0) is 13.8. The first-order chi connectivity index (χ1) is 9.10. The molecule has 0 saturated carbocycles. The molecular weight excluding hydrogens is 240 g/mol. The Labute approximate surface area is 114 Å². The molecule has 19 heavy (non-hydrogen) atoms. The highest BCUT2D eigenvalue weighted by molar-refractivity contribution is 5.71. The predicted molar refractivity (Wildman–Crippen MR) is 76.7 cm³/mol. The Hall–Kier alpha value is -1.55. The zero-order valence-corrected chi connectivity index (χ0v) is 11.7. The van der Waals surface area contributed by atoms with Crippen molar-refractivity contribution in [2.75, 3.05) is 38.1 Å². The number of hydrogen-bond donors (Lipinski definition) is 1. The third kappa shape index (κ3) is 3.47. The van der Waals surface area contributed by atoms with Crippen molar-refractivity contribution in [2.24, 2.45) is 5.92 Å². The summed E-state index contributed by atoms with van der Waals surface area (Å²) < 4.78 is 0. The van der Waals surface area contributed by atoms with Gasteiger partial charge in [-0.05, 0) is 31.2 Å². The first-order valence-electron chi connectivity index (χ1n) is 6.85.